The Morgan fingerprint density at radius 1 is 1.56 bits per heavy atom. The molecule has 0 saturated carbocycles. The van der Waals surface area contributed by atoms with E-state index in [9.17, 15) is 5.11 Å². The topological polar surface area (TPSA) is 71.6 Å². The molecular formula is C10H19N3O3. The Hall–Kier alpha value is -0.980. The van der Waals surface area contributed by atoms with E-state index < -0.39 is 6.10 Å². The number of aliphatic hydroxyl groups excluding tert-OH is 1. The number of rotatable bonds is 7. The summed E-state index contributed by atoms with van der Waals surface area (Å²) in [4.78, 5) is 6.10. The van der Waals surface area contributed by atoms with Crippen LogP contribution in [0.15, 0.2) is 4.52 Å². The van der Waals surface area contributed by atoms with E-state index in [4.69, 9.17) is 9.26 Å². The zero-order valence-electron chi connectivity index (χ0n) is 10.0. The van der Waals surface area contributed by atoms with Crippen LogP contribution in [-0.2, 0) is 17.7 Å². The van der Waals surface area contributed by atoms with Crippen LogP contribution in [0.4, 0.5) is 0 Å². The van der Waals surface area contributed by atoms with Crippen molar-refractivity contribution in [3.63, 3.8) is 0 Å². The van der Waals surface area contributed by atoms with Gasteiger partial charge in [0, 0.05) is 20.1 Å². The smallest absolute Gasteiger partial charge is 0.240 e. The average Bonchev–Trinajstić information content (AvgIpc) is 2.65. The molecule has 16 heavy (non-hydrogen) atoms. The number of ether oxygens (including phenoxy) is 1. The molecule has 0 radical (unpaired) electrons. The van der Waals surface area contributed by atoms with Crippen LogP contribution >= 0.6 is 0 Å². The standard InChI is InChI=1S/C10H19N3O3/c1-4-9-11-10(16-12-9)6-13(2)5-8(14)7-15-3/h8,14H,4-7H2,1-3H3. The maximum absolute atomic E-state index is 9.52. The molecule has 1 N–H and O–H groups in total. The molecule has 1 rings (SSSR count). The molecular weight excluding hydrogens is 210 g/mol. The van der Waals surface area contributed by atoms with Crippen LogP contribution in [0.25, 0.3) is 0 Å². The van der Waals surface area contributed by atoms with Crippen LogP contribution in [-0.4, -0.2) is 53.6 Å². The van der Waals surface area contributed by atoms with E-state index in [-0.39, 0.29) is 0 Å². The monoisotopic (exact) mass is 229 g/mol. The predicted molar refractivity (Wildman–Crippen MR) is 57.9 cm³/mol. The third kappa shape index (κ3) is 4.26. The molecule has 0 saturated heterocycles. The Balaban J connectivity index is 2.35. The molecule has 0 aliphatic rings. The Labute approximate surface area is 95.2 Å². The van der Waals surface area contributed by atoms with Gasteiger partial charge in [0.25, 0.3) is 0 Å². The fourth-order valence-corrected chi connectivity index (χ4v) is 1.40. The lowest BCUT2D eigenvalue weighted by Gasteiger charge is -2.17. The number of aliphatic hydroxyl groups is 1. The van der Waals surface area contributed by atoms with Crippen molar-refractivity contribution in [1.29, 1.82) is 0 Å². The third-order valence-electron chi connectivity index (χ3n) is 2.11. The first-order chi connectivity index (χ1) is 7.65. The summed E-state index contributed by atoms with van der Waals surface area (Å²) in [6, 6.07) is 0. The average molecular weight is 229 g/mol. The van der Waals surface area contributed by atoms with Gasteiger partial charge >= 0.3 is 0 Å². The van der Waals surface area contributed by atoms with Crippen molar-refractivity contribution in [2.45, 2.75) is 26.0 Å². The molecule has 1 unspecified atom stereocenters. The van der Waals surface area contributed by atoms with E-state index >= 15 is 0 Å². The molecule has 0 amide bonds. The number of hydrogen-bond donors (Lipinski definition) is 1. The van der Waals surface area contributed by atoms with Crippen LogP contribution in [0.3, 0.4) is 0 Å². The Bertz CT molecular complexity index is 303. The number of aromatic nitrogens is 2. The van der Waals surface area contributed by atoms with Gasteiger partial charge in [0.15, 0.2) is 5.82 Å². The highest BCUT2D eigenvalue weighted by molar-refractivity contribution is 4.85. The summed E-state index contributed by atoms with van der Waals surface area (Å²) >= 11 is 0. The molecule has 92 valence electrons. The van der Waals surface area contributed by atoms with E-state index in [1.165, 1.54) is 0 Å². The van der Waals surface area contributed by atoms with E-state index in [2.05, 4.69) is 10.1 Å². The van der Waals surface area contributed by atoms with Gasteiger partial charge in [0.05, 0.1) is 19.3 Å². The van der Waals surface area contributed by atoms with E-state index in [1.54, 1.807) is 7.11 Å². The SMILES string of the molecule is CCc1noc(CN(C)CC(O)COC)n1. The second-order valence-corrected chi connectivity index (χ2v) is 3.76. The molecule has 0 aliphatic heterocycles. The van der Waals surface area contributed by atoms with Gasteiger partial charge in [-0.3, -0.25) is 4.90 Å². The van der Waals surface area contributed by atoms with E-state index in [0.717, 1.165) is 6.42 Å². The molecule has 1 aromatic rings. The molecule has 1 heterocycles. The van der Waals surface area contributed by atoms with Crippen molar-refractivity contribution >= 4 is 0 Å². The molecule has 1 aromatic heterocycles. The fraction of sp³-hybridized carbons (Fsp3) is 0.800. The van der Waals surface area contributed by atoms with Crippen LogP contribution in [0.5, 0.6) is 0 Å². The fourth-order valence-electron chi connectivity index (χ4n) is 1.40. The molecule has 6 heteroatoms. The van der Waals surface area contributed by atoms with Gasteiger partial charge < -0.3 is 14.4 Å². The van der Waals surface area contributed by atoms with Gasteiger partial charge in [-0.05, 0) is 7.05 Å². The van der Waals surface area contributed by atoms with E-state index in [0.29, 0.717) is 31.4 Å². The van der Waals surface area contributed by atoms with E-state index in [1.807, 2.05) is 18.9 Å². The summed E-state index contributed by atoms with van der Waals surface area (Å²) in [5, 5.41) is 13.3. The maximum atomic E-state index is 9.52. The van der Waals surface area contributed by atoms with Crippen molar-refractivity contribution in [2.75, 3.05) is 27.3 Å². The van der Waals surface area contributed by atoms with Gasteiger partial charge in [-0.15, -0.1) is 0 Å². The lowest BCUT2D eigenvalue weighted by molar-refractivity contribution is 0.0400. The van der Waals surface area contributed by atoms with Gasteiger partial charge in [0.2, 0.25) is 5.89 Å². The lowest BCUT2D eigenvalue weighted by Crippen LogP contribution is -2.31. The summed E-state index contributed by atoms with van der Waals surface area (Å²) in [6.45, 7) is 3.35. The van der Waals surface area contributed by atoms with Crippen molar-refractivity contribution in [1.82, 2.24) is 15.0 Å². The number of methoxy groups -OCH3 is 1. The molecule has 0 fully saturated rings. The predicted octanol–water partition coefficient (Wildman–Crippen LogP) is 0.0711. The maximum Gasteiger partial charge on any atom is 0.240 e. The summed E-state index contributed by atoms with van der Waals surface area (Å²) in [5.74, 6) is 1.28. The number of nitrogens with zero attached hydrogens (tertiary/aromatic N) is 3. The van der Waals surface area contributed by atoms with Gasteiger partial charge in [-0.1, -0.05) is 12.1 Å². The zero-order valence-corrected chi connectivity index (χ0v) is 10.0. The molecule has 1 atom stereocenters. The highest BCUT2D eigenvalue weighted by Gasteiger charge is 2.11. The van der Waals surface area contributed by atoms with Gasteiger partial charge in [0.1, 0.15) is 0 Å². The molecule has 0 spiro atoms. The van der Waals surface area contributed by atoms with Crippen LogP contribution < -0.4 is 0 Å². The number of likely N-dealkylation sites (N-methyl/N-ethyl adjacent to an activating group) is 1. The summed E-state index contributed by atoms with van der Waals surface area (Å²) in [6.07, 6.45) is 0.267. The summed E-state index contributed by atoms with van der Waals surface area (Å²) in [5.41, 5.74) is 0. The third-order valence-corrected chi connectivity index (χ3v) is 2.11. The highest BCUT2D eigenvalue weighted by Crippen LogP contribution is 2.02. The van der Waals surface area contributed by atoms with Crippen LogP contribution in [0.2, 0.25) is 0 Å². The number of hydrogen-bond acceptors (Lipinski definition) is 6. The quantitative estimate of drug-likeness (QED) is 0.713. The van der Waals surface area contributed by atoms with Crippen molar-refractivity contribution in [3.05, 3.63) is 11.7 Å². The zero-order chi connectivity index (χ0) is 12.0. The van der Waals surface area contributed by atoms with Gasteiger partial charge in [-0.25, -0.2) is 0 Å². The van der Waals surface area contributed by atoms with Crippen molar-refractivity contribution in [2.24, 2.45) is 0 Å². The largest absolute Gasteiger partial charge is 0.389 e. The van der Waals surface area contributed by atoms with Crippen LogP contribution in [0, 0.1) is 0 Å². The van der Waals surface area contributed by atoms with Crippen molar-refractivity contribution < 1.29 is 14.4 Å². The summed E-state index contributed by atoms with van der Waals surface area (Å²) in [7, 11) is 3.45. The molecule has 6 nitrogen and oxygen atoms in total. The number of aryl methyl sites for hydroxylation is 1. The first-order valence-electron chi connectivity index (χ1n) is 5.32. The van der Waals surface area contributed by atoms with Crippen LogP contribution in [0.1, 0.15) is 18.6 Å². The second kappa shape index (κ2) is 6.57. The van der Waals surface area contributed by atoms with Gasteiger partial charge in [-0.2, -0.15) is 4.98 Å². The Morgan fingerprint density at radius 2 is 2.31 bits per heavy atom. The first-order valence-corrected chi connectivity index (χ1v) is 5.32. The second-order valence-electron chi connectivity index (χ2n) is 3.76. The minimum absolute atomic E-state index is 0.328. The summed E-state index contributed by atoms with van der Waals surface area (Å²) < 4.78 is 9.90. The Kier molecular flexibility index (Phi) is 5.37. The molecule has 0 bridgehead atoms. The molecule has 0 aromatic carbocycles. The first kappa shape index (κ1) is 13.1. The lowest BCUT2D eigenvalue weighted by atomic mass is 10.3. The Morgan fingerprint density at radius 3 is 2.88 bits per heavy atom. The minimum Gasteiger partial charge on any atom is -0.389 e. The highest BCUT2D eigenvalue weighted by atomic mass is 16.5. The minimum atomic E-state index is -0.497. The van der Waals surface area contributed by atoms with Crippen molar-refractivity contribution in [3.8, 4) is 0 Å². The normalized spacial score (nSPS) is 13.3. The molecule has 0 aliphatic carbocycles.